The average molecular weight is 222 g/mol. The van der Waals surface area contributed by atoms with E-state index in [1.807, 2.05) is 7.05 Å². The minimum Gasteiger partial charge on any atom is -0.312 e. The first-order valence-corrected chi connectivity index (χ1v) is 5.94. The smallest absolute Gasteiger partial charge is 0.146 e. The molecule has 1 atom stereocenters. The summed E-state index contributed by atoms with van der Waals surface area (Å²) in [6.07, 6.45) is 7.81. The van der Waals surface area contributed by atoms with E-state index in [2.05, 4.69) is 17.2 Å². The molecule has 1 aromatic heterocycles. The second kappa shape index (κ2) is 4.50. The summed E-state index contributed by atoms with van der Waals surface area (Å²) in [5.41, 5.74) is 0.929. The van der Waals surface area contributed by atoms with Gasteiger partial charge in [-0.25, -0.2) is 4.39 Å². The summed E-state index contributed by atoms with van der Waals surface area (Å²) in [5, 5.41) is 3.27. The van der Waals surface area contributed by atoms with Crippen LogP contribution in [-0.2, 0) is 0 Å². The summed E-state index contributed by atoms with van der Waals surface area (Å²) in [6.45, 7) is 2.25. The van der Waals surface area contributed by atoms with Crippen LogP contribution in [0.2, 0.25) is 0 Å². The van der Waals surface area contributed by atoms with Crippen molar-refractivity contribution in [1.82, 2.24) is 10.3 Å². The Morgan fingerprint density at radius 2 is 2.12 bits per heavy atom. The number of nitrogens with zero attached hydrogens (tertiary/aromatic N) is 1. The molecule has 1 aliphatic carbocycles. The van der Waals surface area contributed by atoms with E-state index in [1.165, 1.54) is 31.9 Å². The Morgan fingerprint density at radius 1 is 1.44 bits per heavy atom. The highest BCUT2D eigenvalue weighted by atomic mass is 19.1. The molecule has 1 N–H and O–H groups in total. The molecule has 1 saturated carbocycles. The summed E-state index contributed by atoms with van der Waals surface area (Å²) in [5.74, 6) is -0.199. The highest BCUT2D eigenvalue weighted by Gasteiger charge is 2.38. The number of pyridine rings is 1. The predicted octanol–water partition coefficient (Wildman–Crippen LogP) is 3.06. The molecular formula is C13H19FN2. The van der Waals surface area contributed by atoms with Gasteiger partial charge in [-0.2, -0.15) is 0 Å². The highest BCUT2D eigenvalue weighted by molar-refractivity contribution is 5.20. The monoisotopic (exact) mass is 222 g/mol. The molecule has 0 saturated heterocycles. The standard InChI is InChI=1S/C13H19FN2/c1-13(6-3-4-7-13)12(15-2)10-5-8-16-9-11(10)14/h5,8-9,12,15H,3-4,6-7H2,1-2H3. The Bertz CT molecular complexity index is 359. The Kier molecular flexibility index (Phi) is 3.24. The van der Waals surface area contributed by atoms with Gasteiger partial charge in [-0.1, -0.05) is 19.8 Å². The van der Waals surface area contributed by atoms with Crippen molar-refractivity contribution in [2.24, 2.45) is 5.41 Å². The lowest BCUT2D eigenvalue weighted by atomic mass is 9.77. The van der Waals surface area contributed by atoms with E-state index in [1.54, 1.807) is 12.3 Å². The van der Waals surface area contributed by atoms with Gasteiger partial charge in [0.15, 0.2) is 0 Å². The third-order valence-corrected chi connectivity index (χ3v) is 3.85. The first-order valence-electron chi connectivity index (χ1n) is 5.94. The van der Waals surface area contributed by atoms with Crippen molar-refractivity contribution < 1.29 is 4.39 Å². The average Bonchev–Trinajstić information content (AvgIpc) is 2.70. The van der Waals surface area contributed by atoms with Gasteiger partial charge in [-0.3, -0.25) is 4.98 Å². The Hall–Kier alpha value is -0.960. The lowest BCUT2D eigenvalue weighted by Crippen LogP contribution is -2.33. The molecule has 2 rings (SSSR count). The summed E-state index contributed by atoms with van der Waals surface area (Å²) in [7, 11) is 1.91. The maximum atomic E-state index is 13.7. The molecular weight excluding hydrogens is 203 g/mol. The van der Waals surface area contributed by atoms with Crippen LogP contribution in [0, 0.1) is 11.2 Å². The fourth-order valence-electron chi connectivity index (χ4n) is 2.97. The molecule has 0 spiro atoms. The van der Waals surface area contributed by atoms with Gasteiger partial charge >= 0.3 is 0 Å². The van der Waals surface area contributed by atoms with Crippen molar-refractivity contribution in [3.8, 4) is 0 Å². The summed E-state index contributed by atoms with van der Waals surface area (Å²) >= 11 is 0. The van der Waals surface area contributed by atoms with Gasteiger partial charge in [0.05, 0.1) is 6.20 Å². The molecule has 1 heterocycles. The second-order valence-electron chi connectivity index (χ2n) is 4.98. The van der Waals surface area contributed by atoms with E-state index in [0.29, 0.717) is 0 Å². The quantitative estimate of drug-likeness (QED) is 0.850. The number of nitrogens with one attached hydrogen (secondary N) is 1. The number of rotatable bonds is 3. The van der Waals surface area contributed by atoms with E-state index in [-0.39, 0.29) is 17.3 Å². The molecule has 88 valence electrons. The van der Waals surface area contributed by atoms with Gasteiger partial charge in [0, 0.05) is 17.8 Å². The maximum absolute atomic E-state index is 13.7. The van der Waals surface area contributed by atoms with Crippen LogP contribution in [-0.4, -0.2) is 12.0 Å². The van der Waals surface area contributed by atoms with Crippen molar-refractivity contribution >= 4 is 0 Å². The molecule has 0 bridgehead atoms. The fourth-order valence-corrected chi connectivity index (χ4v) is 2.97. The maximum Gasteiger partial charge on any atom is 0.146 e. The first kappa shape index (κ1) is 11.5. The van der Waals surface area contributed by atoms with Crippen LogP contribution in [0.25, 0.3) is 0 Å². The fraction of sp³-hybridized carbons (Fsp3) is 0.615. The molecule has 16 heavy (non-hydrogen) atoms. The van der Waals surface area contributed by atoms with E-state index < -0.39 is 0 Å². The lowest BCUT2D eigenvalue weighted by molar-refractivity contribution is 0.228. The molecule has 2 nitrogen and oxygen atoms in total. The van der Waals surface area contributed by atoms with Crippen molar-refractivity contribution in [2.75, 3.05) is 7.05 Å². The highest BCUT2D eigenvalue weighted by Crippen LogP contribution is 2.47. The van der Waals surface area contributed by atoms with Gasteiger partial charge in [0.1, 0.15) is 5.82 Å². The SMILES string of the molecule is CNC(c1ccncc1F)C1(C)CCCC1. The number of halogens is 1. The molecule has 0 aromatic carbocycles. The summed E-state index contributed by atoms with van der Waals surface area (Å²) < 4.78 is 13.7. The van der Waals surface area contributed by atoms with E-state index in [4.69, 9.17) is 0 Å². The van der Waals surface area contributed by atoms with Crippen LogP contribution in [0.4, 0.5) is 4.39 Å². The molecule has 0 amide bonds. The van der Waals surface area contributed by atoms with Gasteiger partial charge in [-0.05, 0) is 31.4 Å². The van der Waals surface area contributed by atoms with Crippen molar-refractivity contribution in [3.63, 3.8) is 0 Å². The molecule has 1 fully saturated rings. The third-order valence-electron chi connectivity index (χ3n) is 3.85. The minimum atomic E-state index is -0.199. The zero-order chi connectivity index (χ0) is 11.6. The van der Waals surface area contributed by atoms with Crippen molar-refractivity contribution in [3.05, 3.63) is 29.8 Å². The largest absolute Gasteiger partial charge is 0.312 e. The molecule has 1 aromatic rings. The van der Waals surface area contributed by atoms with Gasteiger partial charge in [-0.15, -0.1) is 0 Å². The minimum absolute atomic E-state index is 0.0954. The second-order valence-corrected chi connectivity index (χ2v) is 4.98. The van der Waals surface area contributed by atoms with E-state index in [9.17, 15) is 4.39 Å². The van der Waals surface area contributed by atoms with Crippen LogP contribution in [0.3, 0.4) is 0 Å². The van der Waals surface area contributed by atoms with E-state index in [0.717, 1.165) is 5.56 Å². The number of hydrogen-bond acceptors (Lipinski definition) is 2. The van der Waals surface area contributed by atoms with Crippen molar-refractivity contribution in [2.45, 2.75) is 38.6 Å². The molecule has 3 heteroatoms. The van der Waals surface area contributed by atoms with Crippen molar-refractivity contribution in [1.29, 1.82) is 0 Å². The first-order chi connectivity index (χ1) is 7.67. The Morgan fingerprint density at radius 3 is 2.69 bits per heavy atom. The van der Waals surface area contributed by atoms with Crippen LogP contribution in [0.15, 0.2) is 18.5 Å². The normalized spacial score (nSPS) is 20.9. The number of aromatic nitrogens is 1. The van der Waals surface area contributed by atoms with Gasteiger partial charge < -0.3 is 5.32 Å². The molecule has 0 radical (unpaired) electrons. The third kappa shape index (κ3) is 1.96. The Labute approximate surface area is 96.3 Å². The zero-order valence-electron chi connectivity index (χ0n) is 9.96. The lowest BCUT2D eigenvalue weighted by Gasteiger charge is -2.34. The van der Waals surface area contributed by atoms with Gasteiger partial charge in [0.25, 0.3) is 0 Å². The van der Waals surface area contributed by atoms with Crippen LogP contribution >= 0.6 is 0 Å². The van der Waals surface area contributed by atoms with Crippen LogP contribution < -0.4 is 5.32 Å². The summed E-state index contributed by atoms with van der Waals surface area (Å²) in [4.78, 5) is 3.81. The van der Waals surface area contributed by atoms with Crippen LogP contribution in [0.5, 0.6) is 0 Å². The molecule has 1 unspecified atom stereocenters. The molecule has 0 aliphatic heterocycles. The van der Waals surface area contributed by atoms with Gasteiger partial charge in [0.2, 0.25) is 0 Å². The molecule has 1 aliphatic rings. The zero-order valence-corrected chi connectivity index (χ0v) is 9.96. The van der Waals surface area contributed by atoms with E-state index >= 15 is 0 Å². The summed E-state index contributed by atoms with van der Waals surface area (Å²) in [6, 6.07) is 1.89. The topological polar surface area (TPSA) is 24.9 Å². The number of hydrogen-bond donors (Lipinski definition) is 1. The predicted molar refractivity (Wildman–Crippen MR) is 62.6 cm³/mol. The Balaban J connectivity index is 2.32. The van der Waals surface area contributed by atoms with Crippen LogP contribution in [0.1, 0.15) is 44.2 Å².